The molecular weight excluding hydrogens is 228 g/mol. The lowest BCUT2D eigenvalue weighted by Gasteiger charge is -2.05. The Balaban J connectivity index is 1.93. The summed E-state index contributed by atoms with van der Waals surface area (Å²) in [6.45, 7) is 7.20. The van der Waals surface area contributed by atoms with E-state index in [1.165, 1.54) is 6.42 Å². The summed E-state index contributed by atoms with van der Waals surface area (Å²) >= 11 is 0. The quantitative estimate of drug-likeness (QED) is 0.744. The number of amides is 1. The highest BCUT2D eigenvalue weighted by atomic mass is 16.1. The van der Waals surface area contributed by atoms with Gasteiger partial charge in [0.2, 0.25) is 0 Å². The van der Waals surface area contributed by atoms with Crippen molar-refractivity contribution in [3.8, 4) is 0 Å². The molecule has 1 unspecified atom stereocenters. The first-order valence-electron chi connectivity index (χ1n) is 6.56. The molecule has 4 N–H and O–H groups in total. The standard InChI is InChI=1S/C13H22N4O/c1-4-5-9-10(14)11(17-16-9)12(18)15-7-8-6-13(8,2)3/h8H,4-7,14H2,1-3H3,(H,15,18)(H,16,17). The van der Waals surface area contributed by atoms with E-state index in [1.54, 1.807) is 0 Å². The fraction of sp³-hybridized carbons (Fsp3) is 0.692. The van der Waals surface area contributed by atoms with Crippen LogP contribution in [0.1, 0.15) is 49.8 Å². The summed E-state index contributed by atoms with van der Waals surface area (Å²) in [6, 6.07) is 0. The van der Waals surface area contributed by atoms with Gasteiger partial charge in [-0.3, -0.25) is 9.89 Å². The van der Waals surface area contributed by atoms with Crippen molar-refractivity contribution in [2.75, 3.05) is 12.3 Å². The van der Waals surface area contributed by atoms with Crippen molar-refractivity contribution < 1.29 is 4.79 Å². The summed E-state index contributed by atoms with van der Waals surface area (Å²) in [5.74, 6) is 0.408. The largest absolute Gasteiger partial charge is 0.395 e. The summed E-state index contributed by atoms with van der Waals surface area (Å²) in [6.07, 6.45) is 2.97. The summed E-state index contributed by atoms with van der Waals surface area (Å²) in [4.78, 5) is 12.0. The minimum atomic E-state index is -0.172. The number of carbonyl (C=O) groups is 1. The Kier molecular flexibility index (Phi) is 3.32. The molecule has 1 fully saturated rings. The van der Waals surface area contributed by atoms with Gasteiger partial charge in [-0.2, -0.15) is 5.10 Å². The highest BCUT2D eigenvalue weighted by molar-refractivity contribution is 5.97. The van der Waals surface area contributed by atoms with Crippen LogP contribution in [0.15, 0.2) is 0 Å². The molecule has 1 amide bonds. The van der Waals surface area contributed by atoms with Gasteiger partial charge in [-0.15, -0.1) is 0 Å². The molecule has 0 aliphatic heterocycles. The van der Waals surface area contributed by atoms with Gasteiger partial charge in [0.25, 0.3) is 5.91 Å². The number of aromatic nitrogens is 2. The number of carbonyl (C=O) groups excluding carboxylic acids is 1. The van der Waals surface area contributed by atoms with Gasteiger partial charge in [0.05, 0.1) is 11.4 Å². The van der Waals surface area contributed by atoms with Crippen molar-refractivity contribution >= 4 is 11.6 Å². The fourth-order valence-corrected chi connectivity index (χ4v) is 2.22. The van der Waals surface area contributed by atoms with Crippen LogP contribution in [-0.2, 0) is 6.42 Å². The average Bonchev–Trinajstić information content (AvgIpc) is 2.76. The lowest BCUT2D eigenvalue weighted by Crippen LogP contribution is -2.27. The molecule has 0 spiro atoms. The van der Waals surface area contributed by atoms with Crippen molar-refractivity contribution in [2.24, 2.45) is 11.3 Å². The topological polar surface area (TPSA) is 83.8 Å². The Morgan fingerprint density at radius 1 is 1.61 bits per heavy atom. The molecule has 0 aromatic carbocycles. The number of anilines is 1. The maximum atomic E-state index is 12.0. The van der Waals surface area contributed by atoms with Gasteiger partial charge in [0, 0.05) is 6.54 Å². The van der Waals surface area contributed by atoms with Crippen LogP contribution < -0.4 is 11.1 Å². The molecule has 1 aromatic rings. The van der Waals surface area contributed by atoms with Crippen molar-refractivity contribution in [1.82, 2.24) is 15.5 Å². The van der Waals surface area contributed by atoms with E-state index in [-0.39, 0.29) is 5.91 Å². The van der Waals surface area contributed by atoms with Gasteiger partial charge in [0.15, 0.2) is 5.69 Å². The third kappa shape index (κ3) is 2.49. The molecule has 1 saturated carbocycles. The first-order valence-corrected chi connectivity index (χ1v) is 6.56. The van der Waals surface area contributed by atoms with Crippen molar-refractivity contribution in [3.63, 3.8) is 0 Å². The zero-order valence-electron chi connectivity index (χ0n) is 11.3. The number of hydrogen-bond acceptors (Lipinski definition) is 3. The molecule has 1 atom stereocenters. The van der Waals surface area contributed by atoms with Crippen molar-refractivity contribution in [2.45, 2.75) is 40.0 Å². The second-order valence-electron chi connectivity index (χ2n) is 5.81. The molecule has 2 rings (SSSR count). The molecule has 0 radical (unpaired) electrons. The van der Waals surface area contributed by atoms with Gasteiger partial charge < -0.3 is 11.1 Å². The average molecular weight is 250 g/mol. The molecule has 100 valence electrons. The lowest BCUT2D eigenvalue weighted by molar-refractivity contribution is 0.0946. The molecular formula is C13H22N4O. The number of nitrogens with zero attached hydrogens (tertiary/aromatic N) is 1. The first-order chi connectivity index (χ1) is 8.45. The van der Waals surface area contributed by atoms with E-state index in [0.717, 1.165) is 18.5 Å². The Labute approximate surface area is 108 Å². The molecule has 1 heterocycles. The molecule has 1 aromatic heterocycles. The zero-order valence-corrected chi connectivity index (χ0v) is 11.3. The summed E-state index contributed by atoms with van der Waals surface area (Å²) in [5.41, 5.74) is 7.96. The molecule has 5 nitrogen and oxygen atoms in total. The SMILES string of the molecule is CCCc1[nH]nc(C(=O)NCC2CC2(C)C)c1N. The summed E-state index contributed by atoms with van der Waals surface area (Å²) in [5, 5.41) is 9.76. The van der Waals surface area contributed by atoms with Crippen LogP contribution in [0.2, 0.25) is 0 Å². The molecule has 1 aliphatic rings. The second kappa shape index (κ2) is 4.63. The van der Waals surface area contributed by atoms with Crippen LogP contribution in [0.5, 0.6) is 0 Å². The predicted molar refractivity (Wildman–Crippen MR) is 71.2 cm³/mol. The number of aryl methyl sites for hydroxylation is 1. The van der Waals surface area contributed by atoms with Crippen LogP contribution in [0.3, 0.4) is 0 Å². The maximum absolute atomic E-state index is 12.0. The van der Waals surface area contributed by atoms with Gasteiger partial charge in [-0.05, 0) is 24.2 Å². The molecule has 1 aliphatic carbocycles. The Morgan fingerprint density at radius 3 is 2.83 bits per heavy atom. The highest BCUT2D eigenvalue weighted by Gasteiger charge is 2.45. The third-order valence-electron chi connectivity index (χ3n) is 3.82. The predicted octanol–water partition coefficient (Wildman–Crippen LogP) is 1.72. The Morgan fingerprint density at radius 2 is 2.28 bits per heavy atom. The number of hydrogen-bond donors (Lipinski definition) is 3. The number of nitrogen functional groups attached to an aromatic ring is 1. The monoisotopic (exact) mass is 250 g/mol. The maximum Gasteiger partial charge on any atom is 0.273 e. The third-order valence-corrected chi connectivity index (χ3v) is 3.82. The second-order valence-corrected chi connectivity index (χ2v) is 5.81. The van der Waals surface area contributed by atoms with Gasteiger partial charge >= 0.3 is 0 Å². The fourth-order valence-electron chi connectivity index (χ4n) is 2.22. The van der Waals surface area contributed by atoms with E-state index < -0.39 is 0 Å². The van der Waals surface area contributed by atoms with E-state index in [0.29, 0.717) is 29.3 Å². The van der Waals surface area contributed by atoms with Crippen LogP contribution >= 0.6 is 0 Å². The Hall–Kier alpha value is -1.52. The van der Waals surface area contributed by atoms with Crippen LogP contribution in [0.4, 0.5) is 5.69 Å². The van der Waals surface area contributed by atoms with Crippen LogP contribution in [0, 0.1) is 11.3 Å². The van der Waals surface area contributed by atoms with Crippen LogP contribution in [-0.4, -0.2) is 22.6 Å². The zero-order chi connectivity index (χ0) is 13.3. The summed E-state index contributed by atoms with van der Waals surface area (Å²) in [7, 11) is 0. The highest BCUT2D eigenvalue weighted by Crippen LogP contribution is 2.50. The first kappa shape index (κ1) is 12.9. The lowest BCUT2D eigenvalue weighted by atomic mass is 10.1. The normalized spacial score (nSPS) is 20.7. The Bertz CT molecular complexity index is 450. The van der Waals surface area contributed by atoms with Gasteiger partial charge in [-0.25, -0.2) is 0 Å². The number of rotatable bonds is 5. The molecule has 5 heteroatoms. The molecule has 0 bridgehead atoms. The van der Waals surface area contributed by atoms with E-state index in [1.807, 2.05) is 0 Å². The number of nitrogens with one attached hydrogen (secondary N) is 2. The van der Waals surface area contributed by atoms with Crippen molar-refractivity contribution in [1.29, 1.82) is 0 Å². The number of nitrogens with two attached hydrogens (primary N) is 1. The molecule has 0 saturated heterocycles. The minimum Gasteiger partial charge on any atom is -0.395 e. The molecule has 18 heavy (non-hydrogen) atoms. The van der Waals surface area contributed by atoms with Gasteiger partial charge in [-0.1, -0.05) is 27.2 Å². The van der Waals surface area contributed by atoms with E-state index in [4.69, 9.17) is 5.73 Å². The number of aromatic amines is 1. The van der Waals surface area contributed by atoms with E-state index in [9.17, 15) is 4.79 Å². The smallest absolute Gasteiger partial charge is 0.273 e. The summed E-state index contributed by atoms with van der Waals surface area (Å²) < 4.78 is 0. The minimum absolute atomic E-state index is 0.172. The van der Waals surface area contributed by atoms with Crippen LogP contribution in [0.25, 0.3) is 0 Å². The number of H-pyrrole nitrogens is 1. The van der Waals surface area contributed by atoms with Gasteiger partial charge in [0.1, 0.15) is 0 Å². The van der Waals surface area contributed by atoms with E-state index >= 15 is 0 Å². The van der Waals surface area contributed by atoms with E-state index in [2.05, 4.69) is 36.3 Å². The van der Waals surface area contributed by atoms with Crippen molar-refractivity contribution in [3.05, 3.63) is 11.4 Å².